The van der Waals surface area contributed by atoms with Gasteiger partial charge in [0.25, 0.3) is 0 Å². The second-order valence-electron chi connectivity index (χ2n) is 7.28. The van der Waals surface area contributed by atoms with E-state index in [1.165, 1.54) is 34.9 Å². The predicted octanol–water partition coefficient (Wildman–Crippen LogP) is 3.72. The second-order valence-corrected chi connectivity index (χ2v) is 7.28. The summed E-state index contributed by atoms with van der Waals surface area (Å²) in [5, 5.41) is 1.34. The summed E-state index contributed by atoms with van der Waals surface area (Å²) in [5.41, 5.74) is 5.51. The lowest BCUT2D eigenvalue weighted by Gasteiger charge is -2.32. The third-order valence-corrected chi connectivity index (χ3v) is 5.60. The second kappa shape index (κ2) is 6.18. The molecule has 5 heteroatoms. The molecule has 0 unspecified atom stereocenters. The molecule has 3 N–H and O–H groups in total. The molecular formula is C21H22N4O. The first kappa shape index (κ1) is 15.5. The monoisotopic (exact) mass is 346 g/mol. The van der Waals surface area contributed by atoms with Crippen LogP contribution in [0, 0.1) is 0 Å². The lowest BCUT2D eigenvalue weighted by molar-refractivity contribution is 0.201. The fourth-order valence-electron chi connectivity index (χ4n) is 4.38. The molecule has 3 heterocycles. The van der Waals surface area contributed by atoms with Crippen LogP contribution in [0.3, 0.4) is 0 Å². The fourth-order valence-corrected chi connectivity index (χ4v) is 4.38. The van der Waals surface area contributed by atoms with E-state index in [9.17, 15) is 4.79 Å². The number of piperidine rings is 1. The van der Waals surface area contributed by atoms with Crippen molar-refractivity contribution in [2.75, 3.05) is 13.1 Å². The molecule has 0 amide bonds. The molecular weight excluding hydrogens is 324 g/mol. The van der Waals surface area contributed by atoms with E-state index in [2.05, 4.69) is 56.4 Å². The highest BCUT2D eigenvalue weighted by atomic mass is 16.1. The minimum absolute atomic E-state index is 0.136. The number of fused-ring (bicyclic) bond motifs is 2. The zero-order valence-electron chi connectivity index (χ0n) is 14.6. The summed E-state index contributed by atoms with van der Waals surface area (Å²) in [4.78, 5) is 23.4. The van der Waals surface area contributed by atoms with Gasteiger partial charge in [0.05, 0.1) is 11.0 Å². The van der Waals surface area contributed by atoms with Gasteiger partial charge in [-0.1, -0.05) is 30.3 Å². The number of H-pyrrole nitrogens is 3. The lowest BCUT2D eigenvalue weighted by Crippen LogP contribution is -2.33. The van der Waals surface area contributed by atoms with E-state index in [4.69, 9.17) is 0 Å². The Morgan fingerprint density at radius 1 is 1.04 bits per heavy atom. The van der Waals surface area contributed by atoms with Crippen molar-refractivity contribution >= 4 is 21.9 Å². The predicted molar refractivity (Wildman–Crippen MR) is 104 cm³/mol. The highest BCUT2D eigenvalue weighted by molar-refractivity contribution is 5.83. The zero-order valence-corrected chi connectivity index (χ0v) is 14.6. The number of para-hydroxylation sites is 2. The largest absolute Gasteiger partial charge is 0.361 e. The molecule has 1 aliphatic rings. The summed E-state index contributed by atoms with van der Waals surface area (Å²) in [6.45, 7) is 3.01. The molecule has 1 aliphatic heterocycles. The zero-order chi connectivity index (χ0) is 17.5. The Morgan fingerprint density at radius 2 is 1.92 bits per heavy atom. The number of imidazole rings is 1. The van der Waals surface area contributed by atoms with E-state index in [1.807, 2.05) is 12.1 Å². The molecule has 1 atom stereocenters. The first-order chi connectivity index (χ1) is 12.8. The first-order valence-electron chi connectivity index (χ1n) is 9.26. The van der Waals surface area contributed by atoms with Crippen LogP contribution in [-0.4, -0.2) is 32.9 Å². The fraction of sp³-hybridized carbons (Fsp3) is 0.286. The molecule has 132 valence electrons. The third-order valence-electron chi connectivity index (χ3n) is 5.60. The third kappa shape index (κ3) is 2.65. The molecule has 1 saturated heterocycles. The van der Waals surface area contributed by atoms with Gasteiger partial charge in [-0.25, -0.2) is 4.79 Å². The first-order valence-corrected chi connectivity index (χ1v) is 9.26. The molecule has 0 spiro atoms. The maximum absolute atomic E-state index is 11.6. The smallest absolute Gasteiger partial charge is 0.323 e. The Kier molecular flexibility index (Phi) is 3.68. The van der Waals surface area contributed by atoms with Gasteiger partial charge < -0.3 is 15.0 Å². The summed E-state index contributed by atoms with van der Waals surface area (Å²) in [5.74, 6) is 0.546. The van der Waals surface area contributed by atoms with E-state index in [1.54, 1.807) is 0 Å². The van der Waals surface area contributed by atoms with Crippen molar-refractivity contribution in [1.82, 2.24) is 19.9 Å². The van der Waals surface area contributed by atoms with Crippen LogP contribution in [0.5, 0.6) is 0 Å². The van der Waals surface area contributed by atoms with Crippen molar-refractivity contribution < 1.29 is 0 Å². The van der Waals surface area contributed by atoms with Gasteiger partial charge in [0.1, 0.15) is 0 Å². The molecule has 5 nitrogen and oxygen atoms in total. The number of nitrogens with one attached hydrogen (secondary N) is 3. The van der Waals surface area contributed by atoms with Crippen molar-refractivity contribution in [3.8, 4) is 0 Å². The van der Waals surface area contributed by atoms with Gasteiger partial charge in [-0.05, 0) is 48.6 Å². The van der Waals surface area contributed by atoms with E-state index in [0.717, 1.165) is 30.7 Å². The van der Waals surface area contributed by atoms with Crippen LogP contribution < -0.4 is 5.69 Å². The number of likely N-dealkylation sites (tertiary alicyclic amines) is 1. The van der Waals surface area contributed by atoms with Crippen LogP contribution in [0.25, 0.3) is 21.9 Å². The number of hydrogen-bond donors (Lipinski definition) is 3. The van der Waals surface area contributed by atoms with Crippen molar-refractivity contribution in [3.63, 3.8) is 0 Å². The van der Waals surface area contributed by atoms with Gasteiger partial charge >= 0.3 is 5.69 Å². The Balaban J connectivity index is 1.41. The number of aromatic nitrogens is 3. The van der Waals surface area contributed by atoms with Crippen molar-refractivity contribution in [3.05, 3.63) is 70.3 Å². The number of nitrogens with zero attached hydrogens (tertiary/aromatic N) is 1. The quantitative estimate of drug-likeness (QED) is 0.529. The number of hydrogen-bond acceptors (Lipinski definition) is 2. The molecule has 0 bridgehead atoms. The Labute approximate surface area is 151 Å². The number of aromatic amines is 3. The van der Waals surface area contributed by atoms with Crippen LogP contribution in [0.2, 0.25) is 0 Å². The summed E-state index contributed by atoms with van der Waals surface area (Å²) in [7, 11) is 0. The summed E-state index contributed by atoms with van der Waals surface area (Å²) >= 11 is 0. The maximum atomic E-state index is 11.6. The van der Waals surface area contributed by atoms with Gasteiger partial charge in [0, 0.05) is 30.2 Å². The standard InChI is InChI=1S/C21H22N4O/c26-21-23-19-9-3-5-15(20(19)24-21)13-25-10-4-6-14(12-25)17-11-22-18-8-2-1-7-16(17)18/h1-3,5,7-9,11,14,22H,4,6,10,12-13H2,(H2,23,24,26)/t14-/m0/s1. The molecule has 0 radical (unpaired) electrons. The van der Waals surface area contributed by atoms with Gasteiger partial charge in [-0.2, -0.15) is 0 Å². The van der Waals surface area contributed by atoms with Crippen molar-refractivity contribution in [1.29, 1.82) is 0 Å². The van der Waals surface area contributed by atoms with Gasteiger partial charge in [0.2, 0.25) is 0 Å². The van der Waals surface area contributed by atoms with Gasteiger partial charge in [0.15, 0.2) is 0 Å². The van der Waals surface area contributed by atoms with Crippen molar-refractivity contribution in [2.45, 2.75) is 25.3 Å². The van der Waals surface area contributed by atoms with E-state index in [0.29, 0.717) is 5.92 Å². The summed E-state index contributed by atoms with van der Waals surface area (Å²) < 4.78 is 0. The normalized spacial score (nSPS) is 18.7. The average Bonchev–Trinajstić information content (AvgIpc) is 3.25. The van der Waals surface area contributed by atoms with Crippen LogP contribution in [0.15, 0.2) is 53.5 Å². The lowest BCUT2D eigenvalue weighted by atomic mass is 9.90. The maximum Gasteiger partial charge on any atom is 0.323 e. The number of rotatable bonds is 3. The molecule has 26 heavy (non-hydrogen) atoms. The summed E-state index contributed by atoms with van der Waals surface area (Å²) in [6.07, 6.45) is 4.61. The van der Waals surface area contributed by atoms with Gasteiger partial charge in [-0.15, -0.1) is 0 Å². The molecule has 2 aromatic heterocycles. The minimum atomic E-state index is -0.136. The molecule has 1 fully saturated rings. The topological polar surface area (TPSA) is 67.7 Å². The highest BCUT2D eigenvalue weighted by Crippen LogP contribution is 2.32. The Morgan fingerprint density at radius 3 is 2.88 bits per heavy atom. The Bertz CT molecular complexity index is 1120. The summed E-state index contributed by atoms with van der Waals surface area (Å²) in [6, 6.07) is 14.6. The van der Waals surface area contributed by atoms with E-state index >= 15 is 0 Å². The van der Waals surface area contributed by atoms with Crippen LogP contribution in [-0.2, 0) is 6.54 Å². The highest BCUT2D eigenvalue weighted by Gasteiger charge is 2.24. The molecule has 2 aromatic carbocycles. The van der Waals surface area contributed by atoms with E-state index in [-0.39, 0.29) is 5.69 Å². The van der Waals surface area contributed by atoms with Crippen molar-refractivity contribution in [2.24, 2.45) is 0 Å². The van der Waals surface area contributed by atoms with E-state index < -0.39 is 0 Å². The minimum Gasteiger partial charge on any atom is -0.361 e. The average molecular weight is 346 g/mol. The molecule has 0 saturated carbocycles. The van der Waals surface area contributed by atoms with Crippen LogP contribution in [0.1, 0.15) is 29.9 Å². The van der Waals surface area contributed by atoms with Crippen LogP contribution >= 0.6 is 0 Å². The number of benzene rings is 2. The molecule has 4 aromatic rings. The SMILES string of the molecule is O=c1[nH]c2cccc(CN3CCC[C@H](c4c[nH]c5ccccc45)C3)c2[nH]1. The molecule has 5 rings (SSSR count). The Hall–Kier alpha value is -2.79. The van der Waals surface area contributed by atoms with Gasteiger partial charge in [-0.3, -0.25) is 4.90 Å². The van der Waals surface area contributed by atoms with Crippen LogP contribution in [0.4, 0.5) is 0 Å². The molecule has 0 aliphatic carbocycles.